The number of halogens is 1. The quantitative estimate of drug-likeness (QED) is 0.311. The van der Waals surface area contributed by atoms with Crippen LogP contribution in [-0.4, -0.2) is 39.4 Å². The third-order valence-electron chi connectivity index (χ3n) is 5.53. The molecular formula is C27H26FN5O3S. The van der Waals surface area contributed by atoms with E-state index in [1.807, 2.05) is 32.0 Å². The average Bonchev–Trinajstić information content (AvgIpc) is 3.31. The van der Waals surface area contributed by atoms with Gasteiger partial charge in [0.1, 0.15) is 11.6 Å². The molecular weight excluding hydrogens is 493 g/mol. The Labute approximate surface area is 218 Å². The fourth-order valence-corrected chi connectivity index (χ4v) is 4.40. The summed E-state index contributed by atoms with van der Waals surface area (Å²) in [5.74, 6) is 0.304. The Morgan fingerprint density at radius 3 is 2.41 bits per heavy atom. The van der Waals surface area contributed by atoms with Gasteiger partial charge in [-0.1, -0.05) is 29.5 Å². The van der Waals surface area contributed by atoms with E-state index >= 15 is 0 Å². The number of benzene rings is 3. The van der Waals surface area contributed by atoms with Crippen molar-refractivity contribution in [2.75, 3.05) is 18.2 Å². The van der Waals surface area contributed by atoms with E-state index in [1.165, 1.54) is 23.9 Å². The van der Waals surface area contributed by atoms with Gasteiger partial charge in [0.25, 0.3) is 5.91 Å². The lowest BCUT2D eigenvalue weighted by Gasteiger charge is -2.12. The van der Waals surface area contributed by atoms with Gasteiger partial charge in [0, 0.05) is 16.9 Å². The molecule has 190 valence electrons. The summed E-state index contributed by atoms with van der Waals surface area (Å²) in [7, 11) is 1.56. The molecule has 0 saturated heterocycles. The molecule has 0 spiro atoms. The number of carbonyl (C=O) groups excluding carboxylic acids is 2. The number of nitrogens with one attached hydrogen (secondary N) is 2. The van der Waals surface area contributed by atoms with Gasteiger partial charge in [-0.05, 0) is 74.0 Å². The van der Waals surface area contributed by atoms with Gasteiger partial charge < -0.3 is 15.4 Å². The number of methoxy groups -OCH3 is 1. The molecule has 8 nitrogen and oxygen atoms in total. The Balaban J connectivity index is 1.49. The molecule has 2 N–H and O–H groups in total. The van der Waals surface area contributed by atoms with Crippen LogP contribution in [0.25, 0.3) is 5.69 Å². The predicted octanol–water partition coefficient (Wildman–Crippen LogP) is 4.69. The van der Waals surface area contributed by atoms with Crippen LogP contribution < -0.4 is 15.4 Å². The minimum atomic E-state index is -0.381. The van der Waals surface area contributed by atoms with Crippen LogP contribution in [0.1, 0.15) is 27.3 Å². The van der Waals surface area contributed by atoms with Crippen molar-refractivity contribution in [3.8, 4) is 11.4 Å². The Morgan fingerprint density at radius 2 is 1.73 bits per heavy atom. The van der Waals surface area contributed by atoms with Crippen molar-refractivity contribution >= 4 is 29.3 Å². The molecule has 2 amide bonds. The molecule has 37 heavy (non-hydrogen) atoms. The van der Waals surface area contributed by atoms with Gasteiger partial charge in [0.05, 0.1) is 19.4 Å². The Morgan fingerprint density at radius 1 is 1.00 bits per heavy atom. The topological polar surface area (TPSA) is 98.1 Å². The lowest BCUT2D eigenvalue weighted by molar-refractivity contribution is -0.113. The first kappa shape index (κ1) is 25.9. The standard InChI is InChI=1S/C27H26FN5O3S/c1-17-4-13-23(18(2)14-17)30-25(34)16-37-27-32-31-24(33(27)21-9-7-20(28)8-10-21)15-29-26(35)19-5-11-22(36-3)12-6-19/h4-14H,15-16H2,1-3H3,(H,29,35)(H,30,34). The second-order valence-corrected chi connectivity index (χ2v) is 9.22. The van der Waals surface area contributed by atoms with Crippen molar-refractivity contribution < 1.29 is 18.7 Å². The van der Waals surface area contributed by atoms with Gasteiger partial charge in [-0.3, -0.25) is 14.2 Å². The molecule has 0 unspecified atom stereocenters. The molecule has 0 saturated carbocycles. The normalized spacial score (nSPS) is 10.7. The molecule has 0 aliphatic heterocycles. The zero-order chi connectivity index (χ0) is 26.4. The largest absolute Gasteiger partial charge is 0.497 e. The summed E-state index contributed by atoms with van der Waals surface area (Å²) in [6.07, 6.45) is 0. The molecule has 1 heterocycles. The summed E-state index contributed by atoms with van der Waals surface area (Å²) in [4.78, 5) is 25.3. The number of ether oxygens (including phenoxy) is 1. The molecule has 0 bridgehead atoms. The molecule has 1 aromatic heterocycles. The second kappa shape index (κ2) is 11.7. The molecule has 0 radical (unpaired) electrons. The molecule has 10 heteroatoms. The SMILES string of the molecule is COc1ccc(C(=O)NCc2nnc(SCC(=O)Nc3ccc(C)cc3C)n2-c2ccc(F)cc2)cc1. The highest BCUT2D eigenvalue weighted by Gasteiger charge is 2.17. The summed E-state index contributed by atoms with van der Waals surface area (Å²) >= 11 is 1.19. The highest BCUT2D eigenvalue weighted by atomic mass is 32.2. The van der Waals surface area contributed by atoms with Crippen LogP contribution in [0, 0.1) is 19.7 Å². The zero-order valence-corrected chi connectivity index (χ0v) is 21.4. The van der Waals surface area contributed by atoms with Gasteiger partial charge in [-0.25, -0.2) is 4.39 Å². The van der Waals surface area contributed by atoms with Crippen molar-refractivity contribution in [2.45, 2.75) is 25.5 Å². The summed E-state index contributed by atoms with van der Waals surface area (Å²) < 4.78 is 20.4. The van der Waals surface area contributed by atoms with Gasteiger partial charge in [-0.2, -0.15) is 0 Å². The van der Waals surface area contributed by atoms with E-state index in [0.717, 1.165) is 16.8 Å². The average molecular weight is 520 g/mol. The van der Waals surface area contributed by atoms with Crippen molar-refractivity contribution in [3.63, 3.8) is 0 Å². The maximum absolute atomic E-state index is 13.6. The summed E-state index contributed by atoms with van der Waals surface area (Å²) in [6.45, 7) is 4.01. The molecule has 0 aliphatic rings. The molecule has 4 aromatic rings. The van der Waals surface area contributed by atoms with Crippen LogP contribution in [0.5, 0.6) is 5.75 Å². The first-order valence-corrected chi connectivity index (χ1v) is 12.4. The Bertz CT molecular complexity index is 1400. The first-order valence-electron chi connectivity index (χ1n) is 11.5. The van der Waals surface area contributed by atoms with Crippen molar-refractivity contribution in [1.82, 2.24) is 20.1 Å². The zero-order valence-electron chi connectivity index (χ0n) is 20.6. The Kier molecular flexibility index (Phi) is 8.19. The predicted molar refractivity (Wildman–Crippen MR) is 141 cm³/mol. The molecule has 0 atom stereocenters. The number of amides is 2. The van der Waals surface area contributed by atoms with E-state index in [1.54, 1.807) is 48.1 Å². The summed E-state index contributed by atoms with van der Waals surface area (Å²) in [5.41, 5.74) is 3.91. The summed E-state index contributed by atoms with van der Waals surface area (Å²) in [5, 5.41) is 14.6. The highest BCUT2D eigenvalue weighted by molar-refractivity contribution is 7.99. The number of aryl methyl sites for hydroxylation is 2. The molecule has 0 fully saturated rings. The van der Waals surface area contributed by atoms with E-state index in [9.17, 15) is 14.0 Å². The number of hydrogen-bond acceptors (Lipinski definition) is 6. The number of hydrogen-bond donors (Lipinski definition) is 2. The number of anilines is 1. The monoisotopic (exact) mass is 519 g/mol. The minimum Gasteiger partial charge on any atom is -0.497 e. The number of thioether (sulfide) groups is 1. The van der Waals surface area contributed by atoms with E-state index < -0.39 is 0 Å². The number of aromatic nitrogens is 3. The third-order valence-corrected chi connectivity index (χ3v) is 6.46. The molecule has 4 rings (SSSR count). The van der Waals surface area contributed by atoms with E-state index in [-0.39, 0.29) is 29.9 Å². The maximum Gasteiger partial charge on any atom is 0.251 e. The van der Waals surface area contributed by atoms with Crippen LogP contribution in [0.15, 0.2) is 71.9 Å². The van der Waals surface area contributed by atoms with E-state index in [4.69, 9.17) is 4.74 Å². The second-order valence-electron chi connectivity index (χ2n) is 8.28. The van der Waals surface area contributed by atoms with E-state index in [0.29, 0.717) is 28.0 Å². The van der Waals surface area contributed by atoms with Crippen LogP contribution >= 0.6 is 11.8 Å². The smallest absolute Gasteiger partial charge is 0.251 e. The highest BCUT2D eigenvalue weighted by Crippen LogP contribution is 2.24. The lowest BCUT2D eigenvalue weighted by atomic mass is 10.1. The number of nitrogens with zero attached hydrogens (tertiary/aromatic N) is 3. The van der Waals surface area contributed by atoms with Crippen molar-refractivity contribution in [3.05, 3.63) is 95.1 Å². The van der Waals surface area contributed by atoms with Crippen molar-refractivity contribution in [2.24, 2.45) is 0 Å². The Hall–Kier alpha value is -4.18. The number of carbonyl (C=O) groups is 2. The fraction of sp³-hybridized carbons (Fsp3) is 0.185. The van der Waals surface area contributed by atoms with Crippen LogP contribution in [0.3, 0.4) is 0 Å². The number of rotatable bonds is 9. The van der Waals surface area contributed by atoms with Gasteiger partial charge in [0.2, 0.25) is 5.91 Å². The summed E-state index contributed by atoms with van der Waals surface area (Å²) in [6, 6.07) is 18.4. The maximum atomic E-state index is 13.6. The van der Waals surface area contributed by atoms with Gasteiger partial charge in [0.15, 0.2) is 11.0 Å². The van der Waals surface area contributed by atoms with Gasteiger partial charge in [-0.15, -0.1) is 10.2 Å². The first-order chi connectivity index (χ1) is 17.8. The molecule has 3 aromatic carbocycles. The molecule has 0 aliphatic carbocycles. The van der Waals surface area contributed by atoms with Gasteiger partial charge >= 0.3 is 0 Å². The van der Waals surface area contributed by atoms with Crippen LogP contribution in [-0.2, 0) is 11.3 Å². The van der Waals surface area contributed by atoms with Crippen LogP contribution in [0.2, 0.25) is 0 Å². The fourth-order valence-electron chi connectivity index (χ4n) is 3.63. The lowest BCUT2D eigenvalue weighted by Crippen LogP contribution is -2.24. The van der Waals surface area contributed by atoms with Crippen LogP contribution in [0.4, 0.5) is 10.1 Å². The third kappa shape index (κ3) is 6.53. The van der Waals surface area contributed by atoms with Crippen molar-refractivity contribution in [1.29, 1.82) is 0 Å². The van der Waals surface area contributed by atoms with E-state index in [2.05, 4.69) is 20.8 Å². The minimum absolute atomic E-state index is 0.0740.